The largest absolute Gasteiger partial charge is 1.00 e. The van der Waals surface area contributed by atoms with Crippen molar-refractivity contribution in [2.45, 2.75) is 32.6 Å². The van der Waals surface area contributed by atoms with Crippen molar-refractivity contribution in [3.63, 3.8) is 0 Å². The quantitative estimate of drug-likeness (QED) is 0.286. The predicted molar refractivity (Wildman–Crippen MR) is 76.8 cm³/mol. The topological polar surface area (TPSA) is 126 Å². The first-order valence-electron chi connectivity index (χ1n) is 6.63. The van der Waals surface area contributed by atoms with E-state index in [1.807, 2.05) is 6.92 Å². The van der Waals surface area contributed by atoms with Gasteiger partial charge in [0.1, 0.15) is 10.1 Å². The Balaban J connectivity index is 0. The summed E-state index contributed by atoms with van der Waals surface area (Å²) in [6, 6.07) is 5.16. The van der Waals surface area contributed by atoms with Gasteiger partial charge in [0.25, 0.3) is 0 Å². The number of benzene rings is 1. The fourth-order valence-corrected chi connectivity index (χ4v) is 2.74. The summed E-state index contributed by atoms with van der Waals surface area (Å²) in [4.78, 5) is 22.7. The van der Waals surface area contributed by atoms with E-state index in [2.05, 4.69) is 5.32 Å². The summed E-state index contributed by atoms with van der Waals surface area (Å²) in [5.41, 5.74) is 1.69. The first-order valence-corrected chi connectivity index (χ1v) is 8.11. The van der Waals surface area contributed by atoms with Crippen LogP contribution in [0.5, 0.6) is 0 Å². The molecule has 0 spiro atoms. The average molecular weight is 373 g/mol. The molecule has 0 aliphatic rings. The van der Waals surface area contributed by atoms with E-state index in [9.17, 15) is 27.7 Å². The standard InChI is InChI=1S/C14H19NO6S.2Na/c1-4-10-7-5-6-8(2)11(10)15-13(22(19,20)21)12(16)9(3)14(17)18;;/h5-7,9,13,15H,4H2,1-3H3,(H,17,18)(H,19,20,21);;/q;2*+1/p-2/t9-,13?;;/m0../s1. The summed E-state index contributed by atoms with van der Waals surface area (Å²) in [7, 11) is -5.08. The number of anilines is 1. The number of nitrogens with one attached hydrogen (secondary N) is 1. The third-order valence-corrected chi connectivity index (χ3v) is 4.27. The number of hydrogen-bond donors (Lipinski definition) is 1. The fourth-order valence-electron chi connectivity index (χ4n) is 1.99. The first-order chi connectivity index (χ1) is 10.1. The number of aliphatic carboxylic acids is 1. The smallest absolute Gasteiger partial charge is 0.746 e. The molecule has 0 aliphatic carbocycles. The molecule has 1 unspecified atom stereocenters. The Bertz CT molecular complexity index is 693. The molecule has 10 heteroatoms. The van der Waals surface area contributed by atoms with E-state index in [0.29, 0.717) is 23.2 Å². The predicted octanol–water partition coefficient (Wildman–Crippen LogP) is -6.20. The molecule has 24 heavy (non-hydrogen) atoms. The number of carboxylic acids is 1. The van der Waals surface area contributed by atoms with Crippen molar-refractivity contribution >= 4 is 27.6 Å². The molecular weight excluding hydrogens is 356 g/mol. The zero-order chi connectivity index (χ0) is 17.1. The third-order valence-electron chi connectivity index (χ3n) is 3.34. The summed E-state index contributed by atoms with van der Waals surface area (Å²) in [6.45, 7) is 4.49. The van der Waals surface area contributed by atoms with E-state index < -0.39 is 33.2 Å². The SMILES string of the molecule is CCc1cccc(C)c1NC(C(=O)[C@H](C)C(=O)[O-])S(=O)(=O)[O-].[Na+].[Na+]. The molecule has 1 aromatic rings. The Hall–Kier alpha value is 0.0700. The molecule has 0 radical (unpaired) electrons. The normalized spacial score (nSPS) is 13.0. The van der Waals surface area contributed by atoms with Crippen LogP contribution in [-0.2, 0) is 26.1 Å². The number of ketones is 1. The van der Waals surface area contributed by atoms with Crippen molar-refractivity contribution in [1.29, 1.82) is 0 Å². The molecule has 0 saturated carbocycles. The summed E-state index contributed by atoms with van der Waals surface area (Å²) < 4.78 is 34.1. The van der Waals surface area contributed by atoms with Crippen molar-refractivity contribution in [2.75, 3.05) is 5.32 Å². The van der Waals surface area contributed by atoms with Gasteiger partial charge in [-0.25, -0.2) is 8.42 Å². The third kappa shape index (κ3) is 6.76. The molecule has 0 aromatic heterocycles. The molecule has 0 bridgehead atoms. The fraction of sp³-hybridized carbons (Fsp3) is 0.429. The second-order valence-corrected chi connectivity index (χ2v) is 6.38. The van der Waals surface area contributed by atoms with Crippen molar-refractivity contribution in [2.24, 2.45) is 5.92 Å². The van der Waals surface area contributed by atoms with Gasteiger partial charge in [-0.3, -0.25) is 4.79 Å². The molecular formula is C14H17NNa2O6S. The minimum Gasteiger partial charge on any atom is -0.746 e. The monoisotopic (exact) mass is 373 g/mol. The van der Waals surface area contributed by atoms with Crippen LogP contribution in [0.2, 0.25) is 0 Å². The molecule has 0 amide bonds. The van der Waals surface area contributed by atoms with Crippen LogP contribution in [0.3, 0.4) is 0 Å². The van der Waals surface area contributed by atoms with Crippen LogP contribution in [-0.4, -0.2) is 30.1 Å². The second-order valence-electron chi connectivity index (χ2n) is 4.92. The van der Waals surface area contributed by atoms with Gasteiger partial charge in [-0.1, -0.05) is 32.0 Å². The van der Waals surface area contributed by atoms with Gasteiger partial charge in [-0.05, 0) is 24.5 Å². The maximum absolute atomic E-state index is 12.0. The van der Waals surface area contributed by atoms with Gasteiger partial charge >= 0.3 is 59.1 Å². The molecule has 1 N–H and O–H groups in total. The number of Topliss-reactive ketones (excluding diaryl/α,β-unsaturated/α-hetero) is 1. The van der Waals surface area contributed by atoms with Crippen LogP contribution >= 0.6 is 0 Å². The molecule has 0 aliphatic heterocycles. The van der Waals surface area contributed by atoms with Crippen LogP contribution < -0.4 is 69.5 Å². The van der Waals surface area contributed by atoms with Crippen LogP contribution in [0.25, 0.3) is 0 Å². The van der Waals surface area contributed by atoms with Crippen molar-refractivity contribution in [1.82, 2.24) is 0 Å². The van der Waals surface area contributed by atoms with Gasteiger partial charge in [0, 0.05) is 5.69 Å². The van der Waals surface area contributed by atoms with Crippen molar-refractivity contribution < 1.29 is 86.8 Å². The van der Waals surface area contributed by atoms with Crippen LogP contribution in [0, 0.1) is 12.8 Å². The van der Waals surface area contributed by atoms with Gasteiger partial charge in [0.15, 0.2) is 11.2 Å². The van der Waals surface area contributed by atoms with Gasteiger partial charge < -0.3 is 19.8 Å². The Labute approximate surface area is 185 Å². The number of carbonyl (C=O) groups excluding carboxylic acids is 2. The Morgan fingerprint density at radius 1 is 1.25 bits per heavy atom. The van der Waals surface area contributed by atoms with Crippen molar-refractivity contribution in [3.05, 3.63) is 29.3 Å². The van der Waals surface area contributed by atoms with E-state index in [-0.39, 0.29) is 59.1 Å². The molecule has 7 nitrogen and oxygen atoms in total. The van der Waals surface area contributed by atoms with E-state index in [1.54, 1.807) is 25.1 Å². The van der Waals surface area contributed by atoms with Gasteiger partial charge in [-0.2, -0.15) is 0 Å². The second kappa shape index (κ2) is 10.9. The number of carbonyl (C=O) groups is 2. The van der Waals surface area contributed by atoms with E-state index in [4.69, 9.17) is 0 Å². The van der Waals surface area contributed by atoms with Gasteiger partial charge in [0.2, 0.25) is 0 Å². The summed E-state index contributed by atoms with van der Waals surface area (Å²) in [6.07, 6.45) is 0.542. The molecule has 122 valence electrons. The number of carboxylic acid groups (broad SMARTS) is 1. The molecule has 0 heterocycles. The molecule has 2 atom stereocenters. The molecule has 0 fully saturated rings. The molecule has 1 aromatic carbocycles. The zero-order valence-corrected chi connectivity index (χ0v) is 19.3. The number of para-hydroxylation sites is 1. The maximum Gasteiger partial charge on any atom is 1.00 e. The van der Waals surface area contributed by atoms with E-state index in [0.717, 1.165) is 6.92 Å². The maximum atomic E-state index is 12.0. The average Bonchev–Trinajstić information content (AvgIpc) is 2.42. The number of rotatable bonds is 7. The minimum atomic E-state index is -5.08. The zero-order valence-electron chi connectivity index (χ0n) is 14.5. The summed E-state index contributed by atoms with van der Waals surface area (Å²) >= 11 is 0. The van der Waals surface area contributed by atoms with Crippen molar-refractivity contribution in [3.8, 4) is 0 Å². The Morgan fingerprint density at radius 2 is 1.79 bits per heavy atom. The van der Waals surface area contributed by atoms with Crippen LogP contribution in [0.15, 0.2) is 18.2 Å². The Kier molecular flexibility index (Phi) is 12.0. The number of hydrogen-bond acceptors (Lipinski definition) is 7. The van der Waals surface area contributed by atoms with E-state index in [1.165, 1.54) is 0 Å². The Morgan fingerprint density at radius 3 is 2.21 bits per heavy atom. The summed E-state index contributed by atoms with van der Waals surface area (Å²) in [5.74, 6) is -4.70. The van der Waals surface area contributed by atoms with Gasteiger partial charge in [0.05, 0.1) is 11.9 Å². The van der Waals surface area contributed by atoms with E-state index >= 15 is 0 Å². The summed E-state index contributed by atoms with van der Waals surface area (Å²) in [5, 5.41) is 11.0. The van der Waals surface area contributed by atoms with Crippen LogP contribution in [0.1, 0.15) is 25.0 Å². The van der Waals surface area contributed by atoms with Crippen LogP contribution in [0.4, 0.5) is 5.69 Å². The molecule has 1 rings (SSSR count). The number of aryl methyl sites for hydroxylation is 2. The molecule has 0 saturated heterocycles. The first kappa shape index (κ1) is 26.3. The minimum absolute atomic E-state index is 0. The van der Waals surface area contributed by atoms with Gasteiger partial charge in [-0.15, -0.1) is 0 Å².